The van der Waals surface area contributed by atoms with Crippen molar-refractivity contribution >= 4 is 11.8 Å². The molecule has 1 heterocycles. The van der Waals surface area contributed by atoms with Crippen molar-refractivity contribution in [3.05, 3.63) is 53.6 Å². The van der Waals surface area contributed by atoms with E-state index in [1.54, 1.807) is 25.4 Å². The van der Waals surface area contributed by atoms with Crippen LogP contribution >= 0.6 is 0 Å². The summed E-state index contributed by atoms with van der Waals surface area (Å²) in [6.07, 6.45) is 3.27. The minimum absolute atomic E-state index is 0.0896. The van der Waals surface area contributed by atoms with E-state index in [0.717, 1.165) is 5.56 Å². The maximum atomic E-state index is 13.4. The summed E-state index contributed by atoms with van der Waals surface area (Å²) in [4.78, 5) is 23.5. The smallest absolute Gasteiger partial charge is 0.254 e. The highest BCUT2D eigenvalue weighted by molar-refractivity contribution is 5.96. The summed E-state index contributed by atoms with van der Waals surface area (Å²) in [5.41, 5.74) is 0.733. The van der Waals surface area contributed by atoms with Crippen molar-refractivity contribution in [1.29, 1.82) is 0 Å². The monoisotopic (exact) mass is 290 g/mol. The molecule has 0 aliphatic rings. The van der Waals surface area contributed by atoms with Crippen molar-refractivity contribution in [3.8, 4) is 0 Å². The molecule has 2 amide bonds. The number of aromatic nitrogens is 2. The lowest BCUT2D eigenvalue weighted by molar-refractivity contribution is -0.120. The van der Waals surface area contributed by atoms with Crippen molar-refractivity contribution in [2.75, 3.05) is 6.54 Å². The summed E-state index contributed by atoms with van der Waals surface area (Å²) >= 11 is 0. The van der Waals surface area contributed by atoms with Crippen LogP contribution in [0.5, 0.6) is 0 Å². The quantitative estimate of drug-likeness (QED) is 0.772. The zero-order valence-corrected chi connectivity index (χ0v) is 11.4. The molecule has 0 saturated carbocycles. The van der Waals surface area contributed by atoms with Crippen molar-refractivity contribution in [2.45, 2.75) is 13.0 Å². The summed E-state index contributed by atoms with van der Waals surface area (Å²) in [6.45, 7) is 1.57. The van der Waals surface area contributed by atoms with Crippen LogP contribution in [-0.2, 0) is 4.79 Å². The zero-order valence-electron chi connectivity index (χ0n) is 11.4. The molecule has 1 aromatic heterocycles. The normalized spacial score (nSPS) is 11.7. The number of hydrogen-bond donors (Lipinski definition) is 3. The maximum absolute atomic E-state index is 13.4. The summed E-state index contributed by atoms with van der Waals surface area (Å²) in [6, 6.07) is 5.36. The number of carbonyl (C=O) groups is 2. The van der Waals surface area contributed by atoms with Gasteiger partial charge in [0.15, 0.2) is 0 Å². The second-order valence-electron chi connectivity index (χ2n) is 4.48. The van der Waals surface area contributed by atoms with Crippen LogP contribution in [0.1, 0.15) is 28.9 Å². The van der Waals surface area contributed by atoms with Gasteiger partial charge in [0, 0.05) is 11.8 Å². The summed E-state index contributed by atoms with van der Waals surface area (Å²) in [7, 11) is 0. The third-order valence-corrected chi connectivity index (χ3v) is 2.92. The number of hydrogen-bond acceptors (Lipinski definition) is 3. The van der Waals surface area contributed by atoms with Crippen LogP contribution in [0.4, 0.5) is 4.39 Å². The SMILES string of the molecule is CC(NC(=O)CNC(=O)c1ccccc1F)c1cn[nH]c1. The predicted molar refractivity (Wildman–Crippen MR) is 73.9 cm³/mol. The minimum atomic E-state index is -0.626. The van der Waals surface area contributed by atoms with Gasteiger partial charge in [-0.2, -0.15) is 5.10 Å². The minimum Gasteiger partial charge on any atom is -0.348 e. The average Bonchev–Trinajstić information content (AvgIpc) is 2.99. The molecule has 6 nitrogen and oxygen atoms in total. The van der Waals surface area contributed by atoms with Gasteiger partial charge in [0.05, 0.1) is 24.3 Å². The average molecular weight is 290 g/mol. The Hall–Kier alpha value is -2.70. The van der Waals surface area contributed by atoms with E-state index in [-0.39, 0.29) is 24.1 Å². The first-order valence-electron chi connectivity index (χ1n) is 6.38. The summed E-state index contributed by atoms with van der Waals surface area (Å²) < 4.78 is 13.4. The summed E-state index contributed by atoms with van der Waals surface area (Å²) in [5, 5.41) is 11.5. The highest BCUT2D eigenvalue weighted by atomic mass is 19.1. The molecule has 1 atom stereocenters. The Morgan fingerprint density at radius 2 is 2.14 bits per heavy atom. The molecule has 0 radical (unpaired) electrons. The highest BCUT2D eigenvalue weighted by Crippen LogP contribution is 2.08. The topological polar surface area (TPSA) is 86.9 Å². The van der Waals surface area contributed by atoms with Crippen LogP contribution < -0.4 is 10.6 Å². The fraction of sp³-hybridized carbons (Fsp3) is 0.214. The summed E-state index contributed by atoms with van der Waals surface area (Å²) in [5.74, 6) is -1.62. The number of carbonyl (C=O) groups excluding carboxylic acids is 2. The lowest BCUT2D eigenvalue weighted by Gasteiger charge is -2.12. The van der Waals surface area contributed by atoms with E-state index in [4.69, 9.17) is 0 Å². The van der Waals surface area contributed by atoms with Crippen LogP contribution in [0.3, 0.4) is 0 Å². The predicted octanol–water partition coefficient (Wildman–Crippen LogP) is 1.16. The van der Waals surface area contributed by atoms with Gasteiger partial charge in [-0.1, -0.05) is 12.1 Å². The Bertz CT molecular complexity index is 628. The molecule has 21 heavy (non-hydrogen) atoms. The lowest BCUT2D eigenvalue weighted by atomic mass is 10.2. The Morgan fingerprint density at radius 1 is 1.38 bits per heavy atom. The maximum Gasteiger partial charge on any atom is 0.254 e. The zero-order chi connectivity index (χ0) is 15.2. The third kappa shape index (κ3) is 3.88. The molecule has 2 aromatic rings. The van der Waals surface area contributed by atoms with Crippen LogP contribution in [0, 0.1) is 5.82 Å². The van der Waals surface area contributed by atoms with Gasteiger partial charge >= 0.3 is 0 Å². The van der Waals surface area contributed by atoms with Crippen molar-refractivity contribution < 1.29 is 14.0 Å². The van der Waals surface area contributed by atoms with E-state index in [9.17, 15) is 14.0 Å². The second kappa shape index (κ2) is 6.65. The Kier molecular flexibility index (Phi) is 4.65. The van der Waals surface area contributed by atoms with Crippen molar-refractivity contribution in [3.63, 3.8) is 0 Å². The number of nitrogens with zero attached hydrogens (tertiary/aromatic N) is 1. The molecule has 2 rings (SSSR count). The van der Waals surface area contributed by atoms with Crippen LogP contribution in [0.15, 0.2) is 36.7 Å². The van der Waals surface area contributed by atoms with E-state index < -0.39 is 11.7 Å². The standard InChI is InChI=1S/C14H15FN4O2/c1-9(10-6-17-18-7-10)19-13(20)8-16-14(21)11-4-2-3-5-12(11)15/h2-7,9H,8H2,1H3,(H,16,21)(H,17,18)(H,19,20). The number of rotatable bonds is 5. The molecule has 1 aromatic carbocycles. The molecular formula is C14H15FN4O2. The second-order valence-corrected chi connectivity index (χ2v) is 4.48. The number of H-pyrrole nitrogens is 1. The van der Waals surface area contributed by atoms with E-state index in [1.807, 2.05) is 0 Å². The number of amides is 2. The number of benzene rings is 1. The van der Waals surface area contributed by atoms with Crippen molar-refractivity contribution in [1.82, 2.24) is 20.8 Å². The van der Waals surface area contributed by atoms with Gasteiger partial charge in [0.2, 0.25) is 5.91 Å². The van der Waals surface area contributed by atoms with Gasteiger partial charge in [-0.15, -0.1) is 0 Å². The molecular weight excluding hydrogens is 275 g/mol. The largest absolute Gasteiger partial charge is 0.348 e. The van der Waals surface area contributed by atoms with E-state index >= 15 is 0 Å². The van der Waals surface area contributed by atoms with Gasteiger partial charge in [-0.05, 0) is 19.1 Å². The number of halogens is 1. The fourth-order valence-corrected chi connectivity index (χ4v) is 1.77. The first-order chi connectivity index (χ1) is 10.1. The van der Waals surface area contributed by atoms with E-state index in [1.165, 1.54) is 18.2 Å². The third-order valence-electron chi connectivity index (χ3n) is 2.92. The molecule has 3 N–H and O–H groups in total. The first kappa shape index (κ1) is 14.7. The number of aromatic amines is 1. The molecule has 7 heteroatoms. The van der Waals surface area contributed by atoms with E-state index in [2.05, 4.69) is 20.8 Å². The van der Waals surface area contributed by atoms with Crippen LogP contribution in [-0.4, -0.2) is 28.6 Å². The van der Waals surface area contributed by atoms with Gasteiger partial charge in [0.25, 0.3) is 5.91 Å². The molecule has 1 unspecified atom stereocenters. The fourth-order valence-electron chi connectivity index (χ4n) is 1.77. The van der Waals surface area contributed by atoms with Crippen LogP contribution in [0.2, 0.25) is 0 Å². The molecule has 0 aliphatic heterocycles. The Morgan fingerprint density at radius 3 is 2.81 bits per heavy atom. The molecule has 0 aliphatic carbocycles. The lowest BCUT2D eigenvalue weighted by Crippen LogP contribution is -2.38. The highest BCUT2D eigenvalue weighted by Gasteiger charge is 2.14. The van der Waals surface area contributed by atoms with Crippen molar-refractivity contribution in [2.24, 2.45) is 0 Å². The first-order valence-corrected chi connectivity index (χ1v) is 6.38. The molecule has 0 saturated heterocycles. The van der Waals surface area contributed by atoms with Gasteiger partial charge in [0.1, 0.15) is 5.82 Å². The molecule has 0 spiro atoms. The number of nitrogens with one attached hydrogen (secondary N) is 3. The van der Waals surface area contributed by atoms with Gasteiger partial charge < -0.3 is 10.6 Å². The van der Waals surface area contributed by atoms with E-state index in [0.29, 0.717) is 0 Å². The molecule has 0 fully saturated rings. The molecule has 110 valence electrons. The van der Waals surface area contributed by atoms with Crippen LogP contribution in [0.25, 0.3) is 0 Å². The Balaban J connectivity index is 1.84. The Labute approximate surface area is 120 Å². The van der Waals surface area contributed by atoms with Gasteiger partial charge in [-0.25, -0.2) is 4.39 Å². The van der Waals surface area contributed by atoms with Gasteiger partial charge in [-0.3, -0.25) is 14.7 Å². The molecule has 0 bridgehead atoms.